The predicted octanol–water partition coefficient (Wildman–Crippen LogP) is 1.20. The first-order chi connectivity index (χ1) is 10.2. The molecule has 0 radical (unpaired) electrons. The van der Waals surface area contributed by atoms with E-state index in [-0.39, 0.29) is 12.5 Å². The highest BCUT2D eigenvalue weighted by molar-refractivity contribution is 5.94. The number of carbonyl (C=O) groups is 1. The second-order valence-electron chi connectivity index (χ2n) is 5.08. The third-order valence-electron chi connectivity index (χ3n) is 3.71. The van der Waals surface area contributed by atoms with E-state index in [1.807, 2.05) is 29.2 Å². The average Bonchev–Trinajstić information content (AvgIpc) is 2.55. The van der Waals surface area contributed by atoms with E-state index in [9.17, 15) is 4.79 Å². The molecule has 1 aliphatic heterocycles. The Labute approximate surface area is 126 Å². The lowest BCUT2D eigenvalue weighted by atomic mass is 10.1. The van der Waals surface area contributed by atoms with Crippen LogP contribution >= 0.6 is 0 Å². The Morgan fingerprint density at radius 2 is 1.86 bits per heavy atom. The van der Waals surface area contributed by atoms with Crippen molar-refractivity contribution in [2.24, 2.45) is 0 Å². The van der Waals surface area contributed by atoms with Crippen LogP contribution in [-0.2, 0) is 0 Å². The summed E-state index contributed by atoms with van der Waals surface area (Å²) < 4.78 is 0. The van der Waals surface area contributed by atoms with Crippen molar-refractivity contribution in [2.45, 2.75) is 13.3 Å². The molecule has 2 rings (SSSR count). The molecule has 1 saturated heterocycles. The van der Waals surface area contributed by atoms with E-state index >= 15 is 0 Å². The number of likely N-dealkylation sites (N-methyl/N-ethyl adjacent to an activating group) is 1. The minimum atomic E-state index is 0.0767. The van der Waals surface area contributed by atoms with Crippen molar-refractivity contribution in [2.75, 3.05) is 39.3 Å². The van der Waals surface area contributed by atoms with Crippen LogP contribution in [0.15, 0.2) is 24.3 Å². The topological polar surface area (TPSA) is 43.8 Å². The Morgan fingerprint density at radius 3 is 2.43 bits per heavy atom. The Balaban J connectivity index is 1.96. The van der Waals surface area contributed by atoms with Crippen molar-refractivity contribution in [3.05, 3.63) is 35.4 Å². The fourth-order valence-electron chi connectivity index (χ4n) is 2.37. The van der Waals surface area contributed by atoms with Crippen LogP contribution in [0.4, 0.5) is 0 Å². The lowest BCUT2D eigenvalue weighted by Gasteiger charge is -2.34. The molecule has 1 aliphatic rings. The standard InChI is InChI=1S/C17H22N2O2/c1-2-18-10-12-19(13-11-18)17(21)16-8-6-15(7-9-16)5-3-4-14-20/h6-9,20H,2,4,10-14H2,1H3. The molecule has 1 aromatic carbocycles. The van der Waals surface area contributed by atoms with Gasteiger partial charge in [0.2, 0.25) is 0 Å². The maximum atomic E-state index is 12.4. The number of piperazine rings is 1. The van der Waals surface area contributed by atoms with Gasteiger partial charge < -0.3 is 14.9 Å². The summed E-state index contributed by atoms with van der Waals surface area (Å²) in [5.74, 6) is 5.93. The van der Waals surface area contributed by atoms with E-state index in [0.29, 0.717) is 12.0 Å². The van der Waals surface area contributed by atoms with Crippen LogP contribution < -0.4 is 0 Å². The smallest absolute Gasteiger partial charge is 0.253 e. The van der Waals surface area contributed by atoms with Gasteiger partial charge in [0.05, 0.1) is 6.61 Å². The quantitative estimate of drug-likeness (QED) is 0.849. The number of nitrogens with zero attached hydrogens (tertiary/aromatic N) is 2. The van der Waals surface area contributed by atoms with Crippen molar-refractivity contribution < 1.29 is 9.90 Å². The van der Waals surface area contributed by atoms with Crippen molar-refractivity contribution in [3.63, 3.8) is 0 Å². The zero-order valence-corrected chi connectivity index (χ0v) is 12.5. The molecule has 0 saturated carbocycles. The summed E-state index contributed by atoms with van der Waals surface area (Å²) in [4.78, 5) is 16.7. The van der Waals surface area contributed by atoms with Crippen LogP contribution in [0.1, 0.15) is 29.3 Å². The van der Waals surface area contributed by atoms with Gasteiger partial charge in [-0.2, -0.15) is 0 Å². The molecule has 21 heavy (non-hydrogen) atoms. The highest BCUT2D eigenvalue weighted by Crippen LogP contribution is 2.10. The molecule has 1 aromatic rings. The van der Waals surface area contributed by atoms with Crippen molar-refractivity contribution in [1.82, 2.24) is 9.80 Å². The highest BCUT2D eigenvalue weighted by Gasteiger charge is 2.20. The maximum absolute atomic E-state index is 12.4. The van der Waals surface area contributed by atoms with Gasteiger partial charge in [-0.05, 0) is 30.8 Å². The summed E-state index contributed by atoms with van der Waals surface area (Å²) >= 11 is 0. The van der Waals surface area contributed by atoms with Gasteiger partial charge in [0, 0.05) is 43.7 Å². The summed E-state index contributed by atoms with van der Waals surface area (Å²) in [6.07, 6.45) is 0.475. The summed E-state index contributed by atoms with van der Waals surface area (Å²) in [5.41, 5.74) is 1.59. The van der Waals surface area contributed by atoms with Gasteiger partial charge in [-0.25, -0.2) is 0 Å². The third-order valence-corrected chi connectivity index (χ3v) is 3.71. The van der Waals surface area contributed by atoms with Crippen LogP contribution in [0, 0.1) is 11.8 Å². The molecule has 0 aliphatic carbocycles. The lowest BCUT2D eigenvalue weighted by molar-refractivity contribution is 0.0643. The number of aliphatic hydroxyl groups is 1. The molecule has 0 unspecified atom stereocenters. The fourth-order valence-corrected chi connectivity index (χ4v) is 2.37. The SMILES string of the molecule is CCN1CCN(C(=O)c2ccc(C#CCCO)cc2)CC1. The molecule has 0 bridgehead atoms. The maximum Gasteiger partial charge on any atom is 0.253 e. The predicted molar refractivity (Wildman–Crippen MR) is 83.0 cm³/mol. The number of rotatable bonds is 3. The molecule has 4 nitrogen and oxygen atoms in total. The molecule has 4 heteroatoms. The van der Waals surface area contributed by atoms with Crippen LogP contribution in [-0.4, -0.2) is 60.1 Å². The molecule has 0 atom stereocenters. The number of benzene rings is 1. The summed E-state index contributed by atoms with van der Waals surface area (Å²) in [5, 5.41) is 8.69. The lowest BCUT2D eigenvalue weighted by Crippen LogP contribution is -2.48. The van der Waals surface area contributed by atoms with Gasteiger partial charge in [-0.15, -0.1) is 0 Å². The largest absolute Gasteiger partial charge is 0.395 e. The van der Waals surface area contributed by atoms with Gasteiger partial charge in [0.1, 0.15) is 0 Å². The van der Waals surface area contributed by atoms with Crippen LogP contribution in [0.3, 0.4) is 0 Å². The van der Waals surface area contributed by atoms with Gasteiger partial charge >= 0.3 is 0 Å². The number of carbonyl (C=O) groups excluding carboxylic acids is 1. The Bertz CT molecular complexity index is 520. The number of amides is 1. The van der Waals surface area contributed by atoms with Gasteiger partial charge in [-0.1, -0.05) is 18.8 Å². The summed E-state index contributed by atoms with van der Waals surface area (Å²) in [6.45, 7) is 6.76. The molecule has 1 N–H and O–H groups in total. The first kappa shape index (κ1) is 15.6. The van der Waals surface area contributed by atoms with E-state index in [0.717, 1.165) is 38.3 Å². The molecule has 1 amide bonds. The van der Waals surface area contributed by atoms with Gasteiger partial charge in [-0.3, -0.25) is 4.79 Å². The second kappa shape index (κ2) is 7.82. The van der Waals surface area contributed by atoms with E-state index in [1.165, 1.54) is 0 Å². The van der Waals surface area contributed by atoms with Crippen molar-refractivity contribution >= 4 is 5.91 Å². The molecule has 0 spiro atoms. The molecular formula is C17H22N2O2. The van der Waals surface area contributed by atoms with E-state index in [2.05, 4.69) is 23.7 Å². The summed E-state index contributed by atoms with van der Waals surface area (Å²) in [6, 6.07) is 7.38. The Morgan fingerprint density at radius 1 is 1.19 bits per heavy atom. The third kappa shape index (κ3) is 4.32. The fraction of sp³-hybridized carbons (Fsp3) is 0.471. The van der Waals surface area contributed by atoms with E-state index < -0.39 is 0 Å². The molecular weight excluding hydrogens is 264 g/mol. The molecule has 1 fully saturated rings. The van der Waals surface area contributed by atoms with Crippen LogP contribution in [0.25, 0.3) is 0 Å². The number of hydrogen-bond donors (Lipinski definition) is 1. The first-order valence-electron chi connectivity index (χ1n) is 7.46. The molecule has 112 valence electrons. The van der Waals surface area contributed by atoms with Gasteiger partial charge in [0.15, 0.2) is 0 Å². The Hall–Kier alpha value is -1.83. The van der Waals surface area contributed by atoms with Crippen LogP contribution in [0.5, 0.6) is 0 Å². The van der Waals surface area contributed by atoms with Crippen molar-refractivity contribution in [1.29, 1.82) is 0 Å². The molecule has 0 aromatic heterocycles. The van der Waals surface area contributed by atoms with E-state index in [1.54, 1.807) is 0 Å². The zero-order chi connectivity index (χ0) is 15.1. The zero-order valence-electron chi connectivity index (χ0n) is 12.5. The Kier molecular flexibility index (Phi) is 5.79. The average molecular weight is 286 g/mol. The number of aliphatic hydroxyl groups excluding tert-OH is 1. The normalized spacial score (nSPS) is 15.4. The summed E-state index contributed by atoms with van der Waals surface area (Å²) in [7, 11) is 0. The molecule has 1 heterocycles. The van der Waals surface area contributed by atoms with Gasteiger partial charge in [0.25, 0.3) is 5.91 Å². The van der Waals surface area contributed by atoms with E-state index in [4.69, 9.17) is 5.11 Å². The number of hydrogen-bond acceptors (Lipinski definition) is 3. The first-order valence-corrected chi connectivity index (χ1v) is 7.46. The second-order valence-corrected chi connectivity index (χ2v) is 5.08. The van der Waals surface area contributed by atoms with Crippen LogP contribution in [0.2, 0.25) is 0 Å². The highest BCUT2D eigenvalue weighted by atomic mass is 16.2. The minimum absolute atomic E-state index is 0.0767. The minimum Gasteiger partial charge on any atom is -0.395 e. The van der Waals surface area contributed by atoms with Crippen molar-refractivity contribution in [3.8, 4) is 11.8 Å². The monoisotopic (exact) mass is 286 g/mol.